The van der Waals surface area contributed by atoms with Gasteiger partial charge in [-0.1, -0.05) is 0 Å². The topological polar surface area (TPSA) is 59.5 Å². The standard InChI is InChI=1S/C10H14N2O2/c1-6-3-4-8(14-6)10-7(11)5-9(13)12(10)2/h3-4,7,10H,5,11H2,1-2H3. The van der Waals surface area contributed by atoms with E-state index in [1.165, 1.54) is 0 Å². The van der Waals surface area contributed by atoms with Crippen LogP contribution in [0.15, 0.2) is 16.5 Å². The van der Waals surface area contributed by atoms with Crippen molar-refractivity contribution in [1.82, 2.24) is 4.90 Å². The normalized spacial score (nSPS) is 27.4. The first-order chi connectivity index (χ1) is 6.59. The SMILES string of the molecule is Cc1ccc(C2C(N)CC(=O)N2C)o1. The summed E-state index contributed by atoms with van der Waals surface area (Å²) in [6.45, 7) is 1.88. The summed E-state index contributed by atoms with van der Waals surface area (Å²) in [5.41, 5.74) is 5.88. The molecule has 1 fully saturated rings. The van der Waals surface area contributed by atoms with E-state index < -0.39 is 0 Å². The molecule has 0 radical (unpaired) electrons. The van der Waals surface area contributed by atoms with Crippen molar-refractivity contribution < 1.29 is 9.21 Å². The Morgan fingerprint density at radius 2 is 2.29 bits per heavy atom. The van der Waals surface area contributed by atoms with E-state index in [0.29, 0.717) is 6.42 Å². The third-order valence-corrected chi connectivity index (χ3v) is 2.68. The lowest BCUT2D eigenvalue weighted by Gasteiger charge is -2.20. The van der Waals surface area contributed by atoms with E-state index in [-0.39, 0.29) is 18.0 Å². The number of likely N-dealkylation sites (tertiary alicyclic amines) is 1. The number of carbonyl (C=O) groups excluding carboxylic acids is 1. The number of hydrogen-bond acceptors (Lipinski definition) is 3. The quantitative estimate of drug-likeness (QED) is 0.720. The molecule has 1 aromatic rings. The molecule has 1 aliphatic rings. The molecule has 2 rings (SSSR count). The van der Waals surface area contributed by atoms with E-state index in [0.717, 1.165) is 11.5 Å². The van der Waals surface area contributed by atoms with E-state index >= 15 is 0 Å². The Balaban J connectivity index is 2.30. The van der Waals surface area contributed by atoms with E-state index in [4.69, 9.17) is 10.2 Å². The van der Waals surface area contributed by atoms with Crippen molar-refractivity contribution in [1.29, 1.82) is 0 Å². The average molecular weight is 194 g/mol. The van der Waals surface area contributed by atoms with E-state index in [2.05, 4.69) is 0 Å². The number of rotatable bonds is 1. The molecule has 2 N–H and O–H groups in total. The highest BCUT2D eigenvalue weighted by Crippen LogP contribution is 2.31. The first-order valence-electron chi connectivity index (χ1n) is 4.67. The van der Waals surface area contributed by atoms with Crippen LogP contribution < -0.4 is 5.73 Å². The van der Waals surface area contributed by atoms with Crippen molar-refractivity contribution in [2.75, 3.05) is 7.05 Å². The lowest BCUT2D eigenvalue weighted by atomic mass is 10.1. The first kappa shape index (κ1) is 9.27. The molecule has 2 heterocycles. The van der Waals surface area contributed by atoms with Crippen LogP contribution in [0.1, 0.15) is 24.0 Å². The van der Waals surface area contributed by atoms with Crippen LogP contribution in [0.5, 0.6) is 0 Å². The lowest BCUT2D eigenvalue weighted by molar-refractivity contribution is -0.127. The molecule has 0 spiro atoms. The van der Waals surface area contributed by atoms with Gasteiger partial charge in [-0.15, -0.1) is 0 Å². The molecule has 0 saturated carbocycles. The smallest absolute Gasteiger partial charge is 0.224 e. The Kier molecular flexibility index (Phi) is 2.07. The minimum atomic E-state index is -0.155. The second kappa shape index (κ2) is 3.13. The van der Waals surface area contributed by atoms with Gasteiger partial charge in [0.25, 0.3) is 0 Å². The van der Waals surface area contributed by atoms with Crippen molar-refractivity contribution in [2.45, 2.75) is 25.4 Å². The largest absolute Gasteiger partial charge is 0.464 e. The molecule has 2 atom stereocenters. The van der Waals surface area contributed by atoms with Gasteiger partial charge < -0.3 is 15.1 Å². The van der Waals surface area contributed by atoms with Gasteiger partial charge in [0, 0.05) is 19.5 Å². The summed E-state index contributed by atoms with van der Waals surface area (Å²) >= 11 is 0. The number of nitrogens with zero attached hydrogens (tertiary/aromatic N) is 1. The van der Waals surface area contributed by atoms with Crippen LogP contribution in [0.4, 0.5) is 0 Å². The number of likely N-dealkylation sites (N-methyl/N-ethyl adjacent to an activating group) is 1. The number of hydrogen-bond donors (Lipinski definition) is 1. The monoisotopic (exact) mass is 194 g/mol. The number of amides is 1. The molecule has 2 unspecified atom stereocenters. The van der Waals surface area contributed by atoms with Gasteiger partial charge in [-0.25, -0.2) is 0 Å². The molecule has 0 aromatic carbocycles. The number of carbonyl (C=O) groups is 1. The molecule has 4 nitrogen and oxygen atoms in total. The van der Waals surface area contributed by atoms with Crippen LogP contribution in [0.2, 0.25) is 0 Å². The maximum absolute atomic E-state index is 11.4. The van der Waals surface area contributed by atoms with Crippen LogP contribution in [-0.2, 0) is 4.79 Å². The summed E-state index contributed by atoms with van der Waals surface area (Å²) < 4.78 is 5.48. The molecular weight excluding hydrogens is 180 g/mol. The molecule has 1 saturated heterocycles. The summed E-state index contributed by atoms with van der Waals surface area (Å²) in [6.07, 6.45) is 0.404. The maximum Gasteiger partial charge on any atom is 0.224 e. The predicted octanol–water partition coefficient (Wildman–Crippen LogP) is 0.819. The Hall–Kier alpha value is -1.29. The van der Waals surface area contributed by atoms with Gasteiger partial charge in [0.2, 0.25) is 5.91 Å². The molecule has 1 amide bonds. The maximum atomic E-state index is 11.4. The molecule has 0 bridgehead atoms. The second-order valence-corrected chi connectivity index (χ2v) is 3.77. The predicted molar refractivity (Wildman–Crippen MR) is 51.5 cm³/mol. The molecular formula is C10H14N2O2. The average Bonchev–Trinajstić information content (AvgIpc) is 2.60. The molecule has 4 heteroatoms. The van der Waals surface area contributed by atoms with Gasteiger partial charge in [0.1, 0.15) is 17.6 Å². The van der Waals surface area contributed by atoms with E-state index in [1.54, 1.807) is 11.9 Å². The number of furan rings is 1. The van der Waals surface area contributed by atoms with Crippen molar-refractivity contribution in [2.24, 2.45) is 5.73 Å². The van der Waals surface area contributed by atoms with Crippen LogP contribution in [0.3, 0.4) is 0 Å². The zero-order chi connectivity index (χ0) is 10.3. The lowest BCUT2D eigenvalue weighted by Crippen LogP contribution is -2.29. The van der Waals surface area contributed by atoms with Crippen molar-refractivity contribution in [3.8, 4) is 0 Å². The van der Waals surface area contributed by atoms with Gasteiger partial charge in [-0.05, 0) is 19.1 Å². The van der Waals surface area contributed by atoms with Crippen LogP contribution >= 0.6 is 0 Å². The Morgan fingerprint density at radius 3 is 2.71 bits per heavy atom. The summed E-state index contributed by atoms with van der Waals surface area (Å²) in [5.74, 6) is 1.71. The molecule has 76 valence electrons. The third-order valence-electron chi connectivity index (χ3n) is 2.68. The van der Waals surface area contributed by atoms with Crippen molar-refractivity contribution in [3.05, 3.63) is 23.7 Å². The van der Waals surface area contributed by atoms with E-state index in [1.807, 2.05) is 19.1 Å². The summed E-state index contributed by atoms with van der Waals surface area (Å²) in [7, 11) is 1.76. The summed E-state index contributed by atoms with van der Waals surface area (Å²) in [5, 5.41) is 0. The van der Waals surface area contributed by atoms with Gasteiger partial charge in [0.05, 0.1) is 0 Å². The molecule has 1 aromatic heterocycles. The van der Waals surface area contributed by atoms with Gasteiger partial charge >= 0.3 is 0 Å². The van der Waals surface area contributed by atoms with Gasteiger partial charge in [-0.3, -0.25) is 4.79 Å². The highest BCUT2D eigenvalue weighted by molar-refractivity contribution is 5.79. The highest BCUT2D eigenvalue weighted by Gasteiger charge is 2.37. The van der Waals surface area contributed by atoms with Crippen LogP contribution in [0.25, 0.3) is 0 Å². The molecule has 14 heavy (non-hydrogen) atoms. The zero-order valence-electron chi connectivity index (χ0n) is 8.36. The fraction of sp³-hybridized carbons (Fsp3) is 0.500. The van der Waals surface area contributed by atoms with E-state index in [9.17, 15) is 4.79 Å². The fourth-order valence-corrected chi connectivity index (χ4v) is 1.91. The van der Waals surface area contributed by atoms with Gasteiger partial charge in [0.15, 0.2) is 0 Å². The van der Waals surface area contributed by atoms with Gasteiger partial charge in [-0.2, -0.15) is 0 Å². The van der Waals surface area contributed by atoms with Crippen molar-refractivity contribution >= 4 is 5.91 Å². The minimum absolute atomic E-state index is 0.0801. The molecule has 1 aliphatic heterocycles. The van der Waals surface area contributed by atoms with Crippen LogP contribution in [0, 0.1) is 6.92 Å². The summed E-state index contributed by atoms with van der Waals surface area (Å²) in [6, 6.07) is 3.52. The third kappa shape index (κ3) is 1.32. The van der Waals surface area contributed by atoms with Crippen molar-refractivity contribution in [3.63, 3.8) is 0 Å². The number of aryl methyl sites for hydroxylation is 1. The minimum Gasteiger partial charge on any atom is -0.464 e. The Bertz CT molecular complexity index is 359. The Morgan fingerprint density at radius 1 is 1.57 bits per heavy atom. The zero-order valence-corrected chi connectivity index (χ0v) is 8.36. The number of nitrogens with two attached hydrogens (primary N) is 1. The first-order valence-corrected chi connectivity index (χ1v) is 4.67. The molecule has 0 aliphatic carbocycles. The second-order valence-electron chi connectivity index (χ2n) is 3.77. The fourth-order valence-electron chi connectivity index (χ4n) is 1.91. The summed E-state index contributed by atoms with van der Waals surface area (Å²) in [4.78, 5) is 13.0. The van der Waals surface area contributed by atoms with Crippen LogP contribution in [-0.4, -0.2) is 23.9 Å². The Labute approximate surface area is 82.7 Å². The highest BCUT2D eigenvalue weighted by atomic mass is 16.3.